The highest BCUT2D eigenvalue weighted by Gasteiger charge is 2.20. The van der Waals surface area contributed by atoms with Crippen molar-refractivity contribution in [1.82, 2.24) is 5.32 Å². The van der Waals surface area contributed by atoms with Gasteiger partial charge in [-0.2, -0.15) is 0 Å². The Morgan fingerprint density at radius 3 is 2.67 bits per heavy atom. The minimum atomic E-state index is 0.391. The maximum atomic E-state index is 5.62. The summed E-state index contributed by atoms with van der Waals surface area (Å²) in [5.74, 6) is 1.94. The van der Waals surface area contributed by atoms with E-state index >= 15 is 0 Å². The summed E-state index contributed by atoms with van der Waals surface area (Å²) < 4.78 is 6.79. The van der Waals surface area contributed by atoms with E-state index in [0.29, 0.717) is 6.04 Å². The van der Waals surface area contributed by atoms with Gasteiger partial charge in [0.05, 0.1) is 7.11 Å². The quantitative estimate of drug-likeness (QED) is 0.709. The molecule has 1 aromatic rings. The molecule has 0 bridgehead atoms. The second kappa shape index (κ2) is 8.19. The average molecular weight is 354 g/mol. The fraction of sp³-hybridized carbons (Fsp3) is 0.667. The molecule has 3 heteroatoms. The van der Waals surface area contributed by atoms with E-state index in [2.05, 4.69) is 47.2 Å². The minimum absolute atomic E-state index is 0.391. The van der Waals surface area contributed by atoms with E-state index in [0.717, 1.165) is 18.2 Å². The number of rotatable bonds is 7. The van der Waals surface area contributed by atoms with Crippen LogP contribution >= 0.6 is 15.9 Å². The van der Waals surface area contributed by atoms with Gasteiger partial charge in [0.2, 0.25) is 0 Å². The molecule has 1 saturated carbocycles. The van der Waals surface area contributed by atoms with Gasteiger partial charge in [-0.1, -0.05) is 48.5 Å². The molecule has 1 aliphatic carbocycles. The van der Waals surface area contributed by atoms with Gasteiger partial charge in [-0.15, -0.1) is 0 Å². The van der Waals surface area contributed by atoms with Crippen molar-refractivity contribution in [3.05, 3.63) is 27.7 Å². The smallest absolute Gasteiger partial charge is 0.123 e. The lowest BCUT2D eigenvalue weighted by atomic mass is 9.93. The second-order valence-electron chi connectivity index (χ2n) is 6.18. The Morgan fingerprint density at radius 1 is 1.33 bits per heavy atom. The first kappa shape index (κ1) is 16.8. The number of nitrogens with one attached hydrogen (secondary N) is 1. The molecule has 21 heavy (non-hydrogen) atoms. The van der Waals surface area contributed by atoms with Crippen molar-refractivity contribution in [3.8, 4) is 5.75 Å². The van der Waals surface area contributed by atoms with E-state index < -0.39 is 0 Å². The van der Waals surface area contributed by atoms with Gasteiger partial charge in [0.15, 0.2) is 0 Å². The number of aryl methyl sites for hydroxylation is 1. The summed E-state index contributed by atoms with van der Waals surface area (Å²) in [5, 5.41) is 3.64. The molecule has 1 unspecified atom stereocenters. The van der Waals surface area contributed by atoms with Gasteiger partial charge >= 0.3 is 0 Å². The van der Waals surface area contributed by atoms with Crippen LogP contribution in [0.15, 0.2) is 16.6 Å². The lowest BCUT2D eigenvalue weighted by Crippen LogP contribution is -2.22. The average Bonchev–Trinajstić information content (AvgIpc) is 2.99. The fourth-order valence-corrected chi connectivity index (χ4v) is 3.80. The predicted molar refractivity (Wildman–Crippen MR) is 93.0 cm³/mol. The molecule has 1 aromatic carbocycles. The van der Waals surface area contributed by atoms with Crippen LogP contribution in [0.5, 0.6) is 5.75 Å². The van der Waals surface area contributed by atoms with Crippen LogP contribution in [-0.2, 0) is 0 Å². The Labute approximate surface area is 137 Å². The Morgan fingerprint density at radius 2 is 2.05 bits per heavy atom. The number of benzene rings is 1. The Kier molecular flexibility index (Phi) is 6.56. The van der Waals surface area contributed by atoms with E-state index in [-0.39, 0.29) is 0 Å². The zero-order valence-electron chi connectivity index (χ0n) is 13.5. The highest BCUT2D eigenvalue weighted by Crippen LogP contribution is 2.36. The first-order chi connectivity index (χ1) is 10.2. The van der Waals surface area contributed by atoms with Gasteiger partial charge < -0.3 is 10.1 Å². The third-order valence-electron chi connectivity index (χ3n) is 4.68. The Bertz CT molecular complexity index is 455. The van der Waals surface area contributed by atoms with Gasteiger partial charge in [0.25, 0.3) is 0 Å². The largest absolute Gasteiger partial charge is 0.496 e. The van der Waals surface area contributed by atoms with Gasteiger partial charge in [0, 0.05) is 16.1 Å². The maximum absolute atomic E-state index is 5.62. The molecule has 0 saturated heterocycles. The minimum Gasteiger partial charge on any atom is -0.496 e. The van der Waals surface area contributed by atoms with Crippen molar-refractivity contribution in [1.29, 1.82) is 0 Å². The van der Waals surface area contributed by atoms with Crippen LogP contribution in [0.2, 0.25) is 0 Å². The molecule has 0 amide bonds. The van der Waals surface area contributed by atoms with Gasteiger partial charge in [0.1, 0.15) is 5.75 Å². The second-order valence-corrected chi connectivity index (χ2v) is 7.04. The number of methoxy groups -OCH3 is 1. The molecule has 0 radical (unpaired) electrons. The van der Waals surface area contributed by atoms with Gasteiger partial charge in [-0.05, 0) is 49.9 Å². The normalized spacial score (nSPS) is 17.1. The summed E-state index contributed by atoms with van der Waals surface area (Å²) in [6.07, 6.45) is 8.23. The first-order valence-corrected chi connectivity index (χ1v) is 9.02. The summed E-state index contributed by atoms with van der Waals surface area (Å²) in [5.41, 5.74) is 2.51. The summed E-state index contributed by atoms with van der Waals surface area (Å²) in [4.78, 5) is 0. The van der Waals surface area contributed by atoms with Crippen LogP contribution in [0, 0.1) is 12.8 Å². The third-order valence-corrected chi connectivity index (χ3v) is 5.53. The van der Waals surface area contributed by atoms with Gasteiger partial charge in [-0.3, -0.25) is 0 Å². The third kappa shape index (κ3) is 4.46. The van der Waals surface area contributed by atoms with Crippen LogP contribution in [0.4, 0.5) is 0 Å². The van der Waals surface area contributed by atoms with Crippen molar-refractivity contribution >= 4 is 15.9 Å². The van der Waals surface area contributed by atoms with Crippen LogP contribution < -0.4 is 10.1 Å². The summed E-state index contributed by atoms with van der Waals surface area (Å²) in [6.45, 7) is 5.28. The number of hydrogen-bond donors (Lipinski definition) is 1. The Balaban J connectivity index is 2.13. The SMILES string of the molecule is CCNC(CCC1CCCC1)c1cc(Br)c(C)cc1OC. The van der Waals surface area contributed by atoms with E-state index in [4.69, 9.17) is 4.74 Å². The van der Waals surface area contributed by atoms with Crippen molar-refractivity contribution < 1.29 is 4.74 Å². The van der Waals surface area contributed by atoms with E-state index in [1.807, 2.05) is 0 Å². The molecule has 0 heterocycles. The van der Waals surface area contributed by atoms with Crippen molar-refractivity contribution in [2.45, 2.75) is 58.4 Å². The molecule has 118 valence electrons. The summed E-state index contributed by atoms with van der Waals surface area (Å²) in [7, 11) is 1.77. The number of hydrogen-bond acceptors (Lipinski definition) is 2. The van der Waals surface area contributed by atoms with Crippen molar-refractivity contribution in [2.24, 2.45) is 5.92 Å². The highest BCUT2D eigenvalue weighted by molar-refractivity contribution is 9.10. The monoisotopic (exact) mass is 353 g/mol. The zero-order chi connectivity index (χ0) is 15.2. The van der Waals surface area contributed by atoms with Crippen molar-refractivity contribution in [2.75, 3.05) is 13.7 Å². The maximum Gasteiger partial charge on any atom is 0.123 e. The lowest BCUT2D eigenvalue weighted by molar-refractivity contribution is 0.380. The van der Waals surface area contributed by atoms with Crippen molar-refractivity contribution in [3.63, 3.8) is 0 Å². The molecule has 1 aliphatic rings. The molecule has 0 spiro atoms. The molecular weight excluding hydrogens is 326 g/mol. The van der Waals surface area contributed by atoms with Crippen LogP contribution in [-0.4, -0.2) is 13.7 Å². The van der Waals surface area contributed by atoms with E-state index in [1.165, 1.54) is 54.1 Å². The molecule has 1 atom stereocenters. The predicted octanol–water partition coefficient (Wildman–Crippen LogP) is 5.39. The molecule has 1 fully saturated rings. The van der Waals surface area contributed by atoms with Crippen LogP contribution in [0.1, 0.15) is 62.6 Å². The Hall–Kier alpha value is -0.540. The van der Waals surface area contributed by atoms with Crippen LogP contribution in [0.25, 0.3) is 0 Å². The molecule has 1 N–H and O–H groups in total. The molecule has 2 nitrogen and oxygen atoms in total. The number of halogens is 1. The standard InChI is InChI=1S/C18H28BrNO/c1-4-20-17(10-9-14-7-5-6-8-14)15-12-16(19)13(2)11-18(15)21-3/h11-12,14,17,20H,4-10H2,1-3H3. The van der Waals surface area contributed by atoms with Gasteiger partial charge in [-0.25, -0.2) is 0 Å². The summed E-state index contributed by atoms with van der Waals surface area (Å²) >= 11 is 3.66. The zero-order valence-corrected chi connectivity index (χ0v) is 15.1. The molecule has 0 aromatic heterocycles. The van der Waals surface area contributed by atoms with E-state index in [9.17, 15) is 0 Å². The molecule has 0 aliphatic heterocycles. The molecular formula is C18H28BrNO. The van der Waals surface area contributed by atoms with Crippen LogP contribution in [0.3, 0.4) is 0 Å². The lowest BCUT2D eigenvalue weighted by Gasteiger charge is -2.23. The first-order valence-electron chi connectivity index (χ1n) is 8.23. The summed E-state index contributed by atoms with van der Waals surface area (Å²) in [6, 6.07) is 4.76. The fourth-order valence-electron chi connectivity index (χ4n) is 3.43. The molecule has 2 rings (SSSR count). The topological polar surface area (TPSA) is 21.3 Å². The highest BCUT2D eigenvalue weighted by atomic mass is 79.9. The number of ether oxygens (including phenoxy) is 1. The van der Waals surface area contributed by atoms with E-state index in [1.54, 1.807) is 7.11 Å².